The summed E-state index contributed by atoms with van der Waals surface area (Å²) in [7, 11) is 0. The Balaban J connectivity index is 2.34. The molecule has 0 atom stereocenters. The van der Waals surface area contributed by atoms with Crippen LogP contribution in [0, 0.1) is 0 Å². The van der Waals surface area contributed by atoms with E-state index in [4.69, 9.17) is 5.84 Å². The van der Waals surface area contributed by atoms with Crippen LogP contribution in [-0.4, -0.2) is 10.5 Å². The van der Waals surface area contributed by atoms with Gasteiger partial charge in [0.1, 0.15) is 6.20 Å². The van der Waals surface area contributed by atoms with E-state index >= 15 is 0 Å². The first-order valence-electron chi connectivity index (χ1n) is 4.21. The maximum atomic E-state index is 11.8. The molecule has 0 aliphatic carbocycles. The number of benzene rings is 1. The zero-order chi connectivity index (χ0) is 9.97. The molecule has 0 amide bonds. The molecule has 0 fully saturated rings. The Morgan fingerprint density at radius 1 is 1.29 bits per heavy atom. The molecule has 0 bridgehead atoms. The van der Waals surface area contributed by atoms with Crippen molar-refractivity contribution in [2.75, 3.05) is 5.84 Å². The van der Waals surface area contributed by atoms with Crippen molar-refractivity contribution in [2.24, 2.45) is 0 Å². The normalized spacial score (nSPS) is 10.0. The highest BCUT2D eigenvalue weighted by Crippen LogP contribution is 2.01. The Kier molecular flexibility index (Phi) is 2.02. The van der Waals surface area contributed by atoms with E-state index in [2.05, 4.69) is 0 Å². The predicted octanol–water partition coefficient (Wildman–Crippen LogP) is 0.178. The minimum Gasteiger partial charge on any atom is -0.269 e. The summed E-state index contributed by atoms with van der Waals surface area (Å²) < 4.78 is 2.77. The van der Waals surface area contributed by atoms with E-state index in [1.165, 1.54) is 15.6 Å². The molecule has 4 nitrogen and oxygen atoms in total. The van der Waals surface area contributed by atoms with Crippen LogP contribution in [0.15, 0.2) is 49.1 Å². The van der Waals surface area contributed by atoms with Gasteiger partial charge in [-0.05, 0) is 12.1 Å². The van der Waals surface area contributed by atoms with E-state index < -0.39 is 0 Å². The largest absolute Gasteiger partial charge is 0.345 e. The SMILES string of the molecule is N[n+]1ccn(C(=O)c2ccccc2)c1. The fourth-order valence-electron chi connectivity index (χ4n) is 1.22. The second-order valence-corrected chi connectivity index (χ2v) is 2.94. The van der Waals surface area contributed by atoms with Crippen molar-refractivity contribution < 1.29 is 9.47 Å². The molecule has 0 radical (unpaired) electrons. The molecule has 0 saturated carbocycles. The summed E-state index contributed by atoms with van der Waals surface area (Å²) in [5, 5.41) is 0. The zero-order valence-corrected chi connectivity index (χ0v) is 7.50. The maximum absolute atomic E-state index is 11.8. The molecule has 0 spiro atoms. The van der Waals surface area contributed by atoms with Gasteiger partial charge in [0.2, 0.25) is 0 Å². The molecule has 1 heterocycles. The van der Waals surface area contributed by atoms with Crippen LogP contribution < -0.4 is 10.5 Å². The van der Waals surface area contributed by atoms with E-state index in [1.807, 2.05) is 18.2 Å². The summed E-state index contributed by atoms with van der Waals surface area (Å²) in [6, 6.07) is 9.06. The van der Waals surface area contributed by atoms with Gasteiger partial charge in [-0.3, -0.25) is 5.84 Å². The van der Waals surface area contributed by atoms with Gasteiger partial charge in [-0.1, -0.05) is 18.2 Å². The molecule has 1 aromatic carbocycles. The van der Waals surface area contributed by atoms with Gasteiger partial charge in [0.25, 0.3) is 6.33 Å². The van der Waals surface area contributed by atoms with E-state index in [-0.39, 0.29) is 5.91 Å². The van der Waals surface area contributed by atoms with Crippen LogP contribution in [-0.2, 0) is 0 Å². The van der Waals surface area contributed by atoms with Gasteiger partial charge < -0.3 is 0 Å². The van der Waals surface area contributed by atoms with E-state index in [9.17, 15) is 4.79 Å². The molecule has 0 aliphatic heterocycles. The zero-order valence-electron chi connectivity index (χ0n) is 7.50. The summed E-state index contributed by atoms with van der Waals surface area (Å²) in [6.07, 6.45) is 4.76. The second-order valence-electron chi connectivity index (χ2n) is 2.94. The van der Waals surface area contributed by atoms with Crippen LogP contribution in [0.4, 0.5) is 0 Å². The molecule has 1 aromatic heterocycles. The van der Waals surface area contributed by atoms with Gasteiger partial charge in [0, 0.05) is 0 Å². The fourth-order valence-corrected chi connectivity index (χ4v) is 1.22. The predicted molar refractivity (Wildman–Crippen MR) is 50.9 cm³/mol. The van der Waals surface area contributed by atoms with Crippen molar-refractivity contribution in [1.82, 2.24) is 4.57 Å². The van der Waals surface area contributed by atoms with Gasteiger partial charge in [-0.25, -0.2) is 4.79 Å². The molecule has 70 valence electrons. The highest BCUT2D eigenvalue weighted by molar-refractivity contribution is 5.95. The van der Waals surface area contributed by atoms with Crippen molar-refractivity contribution in [2.45, 2.75) is 0 Å². The summed E-state index contributed by atoms with van der Waals surface area (Å²) in [5.74, 6) is 5.35. The number of aromatic nitrogens is 2. The Hall–Kier alpha value is -2.10. The summed E-state index contributed by atoms with van der Waals surface area (Å²) in [4.78, 5) is 11.8. The summed E-state index contributed by atoms with van der Waals surface area (Å²) in [5.41, 5.74) is 0.642. The number of carbonyl (C=O) groups is 1. The van der Waals surface area contributed by atoms with Crippen molar-refractivity contribution in [3.05, 3.63) is 54.6 Å². The number of nitrogens with two attached hydrogens (primary N) is 1. The number of hydrogen-bond donors (Lipinski definition) is 1. The van der Waals surface area contributed by atoms with Gasteiger partial charge in [0.05, 0.1) is 5.56 Å². The molecule has 2 rings (SSSR count). The number of hydrogen-bond acceptors (Lipinski definition) is 2. The van der Waals surface area contributed by atoms with Crippen LogP contribution in [0.5, 0.6) is 0 Å². The molecule has 0 aliphatic rings. The lowest BCUT2D eigenvalue weighted by molar-refractivity contribution is -0.637. The number of rotatable bonds is 1. The second kappa shape index (κ2) is 3.33. The van der Waals surface area contributed by atoms with Gasteiger partial charge in [0.15, 0.2) is 6.20 Å². The molecule has 0 saturated heterocycles. The average molecular weight is 188 g/mol. The molecule has 2 aromatic rings. The van der Waals surface area contributed by atoms with Crippen LogP contribution in [0.1, 0.15) is 10.4 Å². The average Bonchev–Trinajstić information content (AvgIpc) is 2.65. The fraction of sp³-hybridized carbons (Fsp3) is 0. The van der Waals surface area contributed by atoms with Gasteiger partial charge in [-0.15, -0.1) is 4.68 Å². The highest BCUT2D eigenvalue weighted by atomic mass is 16.2. The van der Waals surface area contributed by atoms with Gasteiger partial charge >= 0.3 is 5.91 Å². The molecule has 2 N–H and O–H groups in total. The Morgan fingerprint density at radius 2 is 2.00 bits per heavy atom. The molecular weight excluding hydrogens is 178 g/mol. The Labute approximate surface area is 81.2 Å². The van der Waals surface area contributed by atoms with E-state index in [0.717, 1.165) is 0 Å². The topological polar surface area (TPSA) is 51.9 Å². The number of nitrogen functional groups attached to an aromatic ring is 1. The van der Waals surface area contributed by atoms with Crippen molar-refractivity contribution in [1.29, 1.82) is 0 Å². The van der Waals surface area contributed by atoms with Crippen molar-refractivity contribution in [3.8, 4) is 0 Å². The van der Waals surface area contributed by atoms with E-state index in [0.29, 0.717) is 5.56 Å². The summed E-state index contributed by atoms with van der Waals surface area (Å²) >= 11 is 0. The standard InChI is InChI=1S/C10H10N3O/c11-13-7-6-12(8-13)10(14)9-4-2-1-3-5-9/h1-8H,11H2/q+1. The molecule has 4 heteroatoms. The Bertz CT molecular complexity index is 447. The third-order valence-electron chi connectivity index (χ3n) is 1.91. The number of carbonyl (C=O) groups excluding carboxylic acids is 1. The first-order chi connectivity index (χ1) is 6.77. The first kappa shape index (κ1) is 8.50. The monoisotopic (exact) mass is 188 g/mol. The highest BCUT2D eigenvalue weighted by Gasteiger charge is 2.13. The Morgan fingerprint density at radius 3 is 2.57 bits per heavy atom. The van der Waals surface area contributed by atoms with Crippen molar-refractivity contribution in [3.63, 3.8) is 0 Å². The van der Waals surface area contributed by atoms with Gasteiger partial charge in [-0.2, -0.15) is 4.57 Å². The molecular formula is C10H10N3O+. The molecule has 14 heavy (non-hydrogen) atoms. The van der Waals surface area contributed by atoms with Crippen molar-refractivity contribution >= 4 is 5.91 Å². The maximum Gasteiger partial charge on any atom is 0.345 e. The lowest BCUT2D eigenvalue weighted by Gasteiger charge is -1.93. The van der Waals surface area contributed by atoms with Crippen LogP contribution in [0.25, 0.3) is 0 Å². The molecule has 0 unspecified atom stereocenters. The number of nitrogens with zero attached hydrogens (tertiary/aromatic N) is 2. The van der Waals surface area contributed by atoms with Crippen LogP contribution in [0.3, 0.4) is 0 Å². The third kappa shape index (κ3) is 1.50. The minimum atomic E-state index is -0.0881. The lowest BCUT2D eigenvalue weighted by Crippen LogP contribution is -2.42. The smallest absolute Gasteiger partial charge is 0.269 e. The van der Waals surface area contributed by atoms with Crippen LogP contribution >= 0.6 is 0 Å². The minimum absolute atomic E-state index is 0.0881. The third-order valence-corrected chi connectivity index (χ3v) is 1.91. The quantitative estimate of drug-likeness (QED) is 0.512. The van der Waals surface area contributed by atoms with Crippen LogP contribution in [0.2, 0.25) is 0 Å². The number of imidazole rings is 1. The lowest BCUT2D eigenvalue weighted by atomic mass is 10.2. The van der Waals surface area contributed by atoms with E-state index in [1.54, 1.807) is 24.5 Å². The summed E-state index contributed by atoms with van der Waals surface area (Å²) in [6.45, 7) is 0. The first-order valence-corrected chi connectivity index (χ1v) is 4.21.